The molecule has 27 heavy (non-hydrogen) atoms. The van der Waals surface area contributed by atoms with E-state index < -0.39 is 0 Å². The number of hydrogen-bond acceptors (Lipinski definition) is 7. The SMILES string of the molecule is CCCc1noc(CSc2nnc(N3CCCC3)n2-c2cccc(Cl)c2)n1. The fourth-order valence-electron chi connectivity index (χ4n) is 3.12. The Balaban J connectivity index is 1.61. The highest BCUT2D eigenvalue weighted by Crippen LogP contribution is 2.30. The Kier molecular flexibility index (Phi) is 5.63. The van der Waals surface area contributed by atoms with Crippen molar-refractivity contribution in [3.05, 3.63) is 41.0 Å². The quantitative estimate of drug-likeness (QED) is 0.547. The third-order valence-corrected chi connectivity index (χ3v) is 5.53. The van der Waals surface area contributed by atoms with Crippen LogP contribution >= 0.6 is 23.4 Å². The standard InChI is InChI=1S/C18H21ClN6OS/c1-2-6-15-20-16(26-23-15)12-27-18-22-21-17(24-9-3-4-10-24)25(18)14-8-5-7-13(19)11-14/h5,7-8,11H,2-4,6,9-10,12H2,1H3. The minimum absolute atomic E-state index is 0.551. The van der Waals surface area contributed by atoms with Gasteiger partial charge in [-0.2, -0.15) is 4.98 Å². The number of rotatable bonds is 7. The van der Waals surface area contributed by atoms with Gasteiger partial charge in [0.1, 0.15) is 0 Å². The molecule has 1 aliphatic rings. The molecule has 3 heterocycles. The van der Waals surface area contributed by atoms with Crippen molar-refractivity contribution in [1.82, 2.24) is 24.9 Å². The van der Waals surface area contributed by atoms with E-state index in [0.717, 1.165) is 48.5 Å². The molecule has 0 aliphatic carbocycles. The number of anilines is 1. The van der Waals surface area contributed by atoms with Gasteiger partial charge in [0, 0.05) is 24.5 Å². The summed E-state index contributed by atoms with van der Waals surface area (Å²) in [6, 6.07) is 7.76. The summed E-state index contributed by atoms with van der Waals surface area (Å²) in [5.74, 6) is 2.76. The average Bonchev–Trinajstić information content (AvgIpc) is 3.40. The first kappa shape index (κ1) is 18.3. The second-order valence-electron chi connectivity index (χ2n) is 6.44. The molecule has 0 unspecified atom stereocenters. The Hall–Kier alpha value is -2.06. The zero-order valence-corrected chi connectivity index (χ0v) is 16.7. The molecule has 9 heteroatoms. The minimum atomic E-state index is 0.551. The Morgan fingerprint density at radius 3 is 2.85 bits per heavy atom. The minimum Gasteiger partial charge on any atom is -0.341 e. The molecule has 1 aliphatic heterocycles. The van der Waals surface area contributed by atoms with Gasteiger partial charge in [0.15, 0.2) is 11.0 Å². The molecule has 3 aromatic rings. The van der Waals surface area contributed by atoms with E-state index in [1.807, 2.05) is 24.3 Å². The van der Waals surface area contributed by atoms with Crippen molar-refractivity contribution in [2.75, 3.05) is 18.0 Å². The second kappa shape index (κ2) is 8.31. The van der Waals surface area contributed by atoms with E-state index in [1.165, 1.54) is 24.6 Å². The summed E-state index contributed by atoms with van der Waals surface area (Å²) in [5, 5.41) is 14.4. The van der Waals surface area contributed by atoms with Crippen LogP contribution in [0.5, 0.6) is 0 Å². The Morgan fingerprint density at radius 1 is 1.22 bits per heavy atom. The molecule has 4 rings (SSSR count). The first-order chi connectivity index (χ1) is 13.2. The molecule has 0 saturated carbocycles. The molecular formula is C18H21ClN6OS. The maximum absolute atomic E-state index is 6.22. The lowest BCUT2D eigenvalue weighted by Gasteiger charge is -2.18. The Bertz CT molecular complexity index is 905. The molecule has 0 radical (unpaired) electrons. The molecule has 0 N–H and O–H groups in total. The van der Waals surface area contributed by atoms with E-state index in [4.69, 9.17) is 16.1 Å². The van der Waals surface area contributed by atoms with E-state index in [1.54, 1.807) is 0 Å². The van der Waals surface area contributed by atoms with Crippen LogP contribution in [-0.2, 0) is 12.2 Å². The van der Waals surface area contributed by atoms with Crippen molar-refractivity contribution in [3.8, 4) is 5.69 Å². The first-order valence-electron chi connectivity index (χ1n) is 9.15. The fraction of sp³-hybridized carbons (Fsp3) is 0.444. The van der Waals surface area contributed by atoms with Crippen molar-refractivity contribution in [2.24, 2.45) is 0 Å². The summed E-state index contributed by atoms with van der Waals surface area (Å²) in [6.07, 6.45) is 4.17. The number of aryl methyl sites for hydroxylation is 1. The zero-order valence-electron chi connectivity index (χ0n) is 15.1. The monoisotopic (exact) mass is 404 g/mol. The van der Waals surface area contributed by atoms with Crippen LogP contribution < -0.4 is 4.90 Å². The van der Waals surface area contributed by atoms with Gasteiger partial charge in [-0.1, -0.05) is 41.5 Å². The smallest absolute Gasteiger partial charge is 0.237 e. The summed E-state index contributed by atoms with van der Waals surface area (Å²) >= 11 is 7.76. The molecule has 0 bridgehead atoms. The highest BCUT2D eigenvalue weighted by Gasteiger charge is 2.23. The Morgan fingerprint density at radius 2 is 2.07 bits per heavy atom. The molecular weight excluding hydrogens is 384 g/mol. The number of thioether (sulfide) groups is 1. The van der Waals surface area contributed by atoms with Crippen molar-refractivity contribution < 1.29 is 4.52 Å². The second-order valence-corrected chi connectivity index (χ2v) is 7.81. The predicted molar refractivity (Wildman–Crippen MR) is 106 cm³/mol. The molecule has 1 fully saturated rings. The number of hydrogen-bond donors (Lipinski definition) is 0. The normalized spacial score (nSPS) is 14.2. The summed E-state index contributed by atoms with van der Waals surface area (Å²) in [4.78, 5) is 6.70. The van der Waals surface area contributed by atoms with Crippen LogP contribution in [0.4, 0.5) is 5.95 Å². The summed E-state index contributed by atoms with van der Waals surface area (Å²) in [5.41, 5.74) is 0.953. The number of halogens is 1. The third-order valence-electron chi connectivity index (χ3n) is 4.38. The molecule has 2 aromatic heterocycles. The topological polar surface area (TPSA) is 72.9 Å². The lowest BCUT2D eigenvalue weighted by molar-refractivity contribution is 0.384. The largest absolute Gasteiger partial charge is 0.341 e. The van der Waals surface area contributed by atoms with Crippen LogP contribution in [0.3, 0.4) is 0 Å². The van der Waals surface area contributed by atoms with Crippen molar-refractivity contribution >= 4 is 29.3 Å². The molecule has 0 amide bonds. The van der Waals surface area contributed by atoms with Crippen LogP contribution in [0.25, 0.3) is 5.69 Å². The zero-order chi connectivity index (χ0) is 18.6. The fourth-order valence-corrected chi connectivity index (χ4v) is 4.09. The van der Waals surface area contributed by atoms with Crippen molar-refractivity contribution in [1.29, 1.82) is 0 Å². The van der Waals surface area contributed by atoms with Gasteiger partial charge in [0.2, 0.25) is 11.8 Å². The molecule has 0 atom stereocenters. The van der Waals surface area contributed by atoms with Gasteiger partial charge in [-0.05, 0) is 37.5 Å². The average molecular weight is 405 g/mol. The lowest BCUT2D eigenvalue weighted by Crippen LogP contribution is -2.22. The number of benzene rings is 1. The van der Waals surface area contributed by atoms with E-state index >= 15 is 0 Å². The van der Waals surface area contributed by atoms with E-state index in [2.05, 4.69) is 36.7 Å². The highest BCUT2D eigenvalue weighted by molar-refractivity contribution is 7.98. The maximum atomic E-state index is 6.22. The summed E-state index contributed by atoms with van der Waals surface area (Å²) in [6.45, 7) is 4.08. The van der Waals surface area contributed by atoms with Gasteiger partial charge in [-0.15, -0.1) is 10.2 Å². The van der Waals surface area contributed by atoms with E-state index in [-0.39, 0.29) is 0 Å². The number of nitrogens with zero attached hydrogens (tertiary/aromatic N) is 6. The van der Waals surface area contributed by atoms with Crippen molar-refractivity contribution in [2.45, 2.75) is 43.5 Å². The van der Waals surface area contributed by atoms with Crippen LogP contribution in [0, 0.1) is 0 Å². The third kappa shape index (κ3) is 4.11. The van der Waals surface area contributed by atoms with Crippen LogP contribution in [0.15, 0.2) is 33.9 Å². The highest BCUT2D eigenvalue weighted by atomic mass is 35.5. The first-order valence-corrected chi connectivity index (χ1v) is 10.5. The summed E-state index contributed by atoms with van der Waals surface area (Å²) < 4.78 is 7.40. The van der Waals surface area contributed by atoms with E-state index in [0.29, 0.717) is 16.7 Å². The molecule has 7 nitrogen and oxygen atoms in total. The summed E-state index contributed by atoms with van der Waals surface area (Å²) in [7, 11) is 0. The van der Waals surface area contributed by atoms with E-state index in [9.17, 15) is 0 Å². The predicted octanol–water partition coefficient (Wildman–Crippen LogP) is 4.15. The van der Waals surface area contributed by atoms with Crippen LogP contribution in [-0.4, -0.2) is 38.0 Å². The molecule has 1 aromatic carbocycles. The van der Waals surface area contributed by atoms with Gasteiger partial charge in [-0.25, -0.2) is 0 Å². The van der Waals surface area contributed by atoms with Gasteiger partial charge in [0.25, 0.3) is 0 Å². The van der Waals surface area contributed by atoms with Gasteiger partial charge >= 0.3 is 0 Å². The molecule has 1 saturated heterocycles. The Labute approximate surface area is 167 Å². The number of aromatic nitrogens is 5. The lowest BCUT2D eigenvalue weighted by atomic mass is 10.3. The molecule has 142 valence electrons. The van der Waals surface area contributed by atoms with Gasteiger partial charge in [-0.3, -0.25) is 4.57 Å². The maximum Gasteiger partial charge on any atom is 0.237 e. The van der Waals surface area contributed by atoms with Crippen LogP contribution in [0.2, 0.25) is 5.02 Å². The van der Waals surface area contributed by atoms with Crippen molar-refractivity contribution in [3.63, 3.8) is 0 Å². The molecule has 0 spiro atoms. The van der Waals surface area contributed by atoms with Gasteiger partial charge < -0.3 is 9.42 Å². The van der Waals surface area contributed by atoms with Gasteiger partial charge in [0.05, 0.1) is 11.4 Å². The van der Waals surface area contributed by atoms with Crippen LogP contribution in [0.1, 0.15) is 37.9 Å².